The van der Waals surface area contributed by atoms with E-state index in [-0.39, 0.29) is 18.1 Å². The van der Waals surface area contributed by atoms with E-state index < -0.39 is 0 Å². The number of methoxy groups -OCH3 is 1. The molecular formula is C16H24N2O2. The van der Waals surface area contributed by atoms with Crippen LogP contribution in [0.4, 0.5) is 4.79 Å². The first-order valence-corrected chi connectivity index (χ1v) is 7.27. The summed E-state index contributed by atoms with van der Waals surface area (Å²) in [5, 5.41) is 3.09. The van der Waals surface area contributed by atoms with Gasteiger partial charge in [0.25, 0.3) is 0 Å². The van der Waals surface area contributed by atoms with Gasteiger partial charge in [0.1, 0.15) is 5.75 Å². The number of para-hydroxylation sites is 1. The molecule has 0 spiro atoms. The number of urea groups is 1. The third-order valence-corrected chi connectivity index (χ3v) is 4.00. The number of benzene rings is 1. The number of rotatable bonds is 5. The predicted molar refractivity (Wildman–Crippen MR) is 79.8 cm³/mol. The Morgan fingerprint density at radius 3 is 2.65 bits per heavy atom. The lowest BCUT2D eigenvalue weighted by Crippen LogP contribution is -2.40. The number of ether oxygens (including phenoxy) is 1. The number of nitrogens with one attached hydrogen (secondary N) is 1. The van der Waals surface area contributed by atoms with E-state index in [2.05, 4.69) is 26.1 Å². The number of hydrogen-bond donors (Lipinski definition) is 1. The SMILES string of the molecule is CC[C@@H]1NC(=O)N(Cc2ccccc2OC)[C@H]1C(C)C. The van der Waals surface area contributed by atoms with E-state index >= 15 is 0 Å². The maximum absolute atomic E-state index is 12.2. The minimum atomic E-state index is 0.0291. The summed E-state index contributed by atoms with van der Waals surface area (Å²) in [4.78, 5) is 14.2. The number of carbonyl (C=O) groups is 1. The third kappa shape index (κ3) is 2.74. The summed E-state index contributed by atoms with van der Waals surface area (Å²) in [5.74, 6) is 1.26. The summed E-state index contributed by atoms with van der Waals surface area (Å²) >= 11 is 0. The van der Waals surface area contributed by atoms with Gasteiger partial charge in [-0.05, 0) is 18.4 Å². The molecule has 1 saturated heterocycles. The maximum atomic E-state index is 12.2. The van der Waals surface area contributed by atoms with Crippen molar-refractivity contribution < 1.29 is 9.53 Å². The third-order valence-electron chi connectivity index (χ3n) is 4.00. The van der Waals surface area contributed by atoms with Crippen molar-refractivity contribution in [3.8, 4) is 5.75 Å². The Bertz CT molecular complexity index is 473. The number of carbonyl (C=O) groups excluding carboxylic acids is 1. The fourth-order valence-corrected chi connectivity index (χ4v) is 3.04. The zero-order chi connectivity index (χ0) is 14.7. The Morgan fingerprint density at radius 1 is 1.35 bits per heavy atom. The fraction of sp³-hybridized carbons (Fsp3) is 0.562. The van der Waals surface area contributed by atoms with E-state index in [4.69, 9.17) is 4.74 Å². The highest BCUT2D eigenvalue weighted by atomic mass is 16.5. The van der Waals surface area contributed by atoms with Gasteiger partial charge in [0.2, 0.25) is 0 Å². The minimum absolute atomic E-state index is 0.0291. The van der Waals surface area contributed by atoms with Crippen molar-refractivity contribution in [1.82, 2.24) is 10.2 Å². The molecule has 0 unspecified atom stereocenters. The zero-order valence-corrected chi connectivity index (χ0v) is 12.7. The highest BCUT2D eigenvalue weighted by molar-refractivity contribution is 5.77. The average molecular weight is 276 g/mol. The monoisotopic (exact) mass is 276 g/mol. The normalized spacial score (nSPS) is 22.2. The quantitative estimate of drug-likeness (QED) is 0.898. The van der Waals surface area contributed by atoms with E-state index in [9.17, 15) is 4.79 Å². The van der Waals surface area contributed by atoms with Gasteiger partial charge in [-0.25, -0.2) is 4.79 Å². The molecule has 20 heavy (non-hydrogen) atoms. The highest BCUT2D eigenvalue weighted by Crippen LogP contribution is 2.27. The smallest absolute Gasteiger partial charge is 0.318 e. The molecule has 1 heterocycles. The van der Waals surface area contributed by atoms with Crippen LogP contribution in [0.25, 0.3) is 0 Å². The Labute approximate surface area is 121 Å². The molecule has 4 nitrogen and oxygen atoms in total. The van der Waals surface area contributed by atoms with E-state index in [1.165, 1.54) is 0 Å². The van der Waals surface area contributed by atoms with Gasteiger partial charge in [0.15, 0.2) is 0 Å². The summed E-state index contributed by atoms with van der Waals surface area (Å²) in [6.45, 7) is 7.05. The Morgan fingerprint density at radius 2 is 2.05 bits per heavy atom. The van der Waals surface area contributed by atoms with Gasteiger partial charge < -0.3 is 15.0 Å². The lowest BCUT2D eigenvalue weighted by atomic mass is 9.95. The van der Waals surface area contributed by atoms with E-state index in [1.807, 2.05) is 29.2 Å². The predicted octanol–water partition coefficient (Wildman–Crippen LogP) is 3.02. The van der Waals surface area contributed by atoms with Crippen LogP contribution in [0.3, 0.4) is 0 Å². The van der Waals surface area contributed by atoms with Crippen molar-refractivity contribution in [2.45, 2.75) is 45.8 Å². The average Bonchev–Trinajstić information content (AvgIpc) is 2.76. The topological polar surface area (TPSA) is 41.6 Å². The summed E-state index contributed by atoms with van der Waals surface area (Å²) in [6, 6.07) is 8.37. The Kier molecular flexibility index (Phi) is 4.53. The second kappa shape index (κ2) is 6.16. The van der Waals surface area contributed by atoms with Crippen molar-refractivity contribution in [2.24, 2.45) is 5.92 Å². The summed E-state index contributed by atoms with van der Waals surface area (Å²) < 4.78 is 5.38. The lowest BCUT2D eigenvalue weighted by molar-refractivity contribution is 0.177. The fourth-order valence-electron chi connectivity index (χ4n) is 3.04. The van der Waals surface area contributed by atoms with Crippen LogP contribution >= 0.6 is 0 Å². The zero-order valence-electron chi connectivity index (χ0n) is 12.7. The van der Waals surface area contributed by atoms with E-state index in [1.54, 1.807) is 7.11 Å². The second-order valence-corrected chi connectivity index (χ2v) is 5.64. The molecule has 1 aromatic carbocycles. The van der Waals surface area contributed by atoms with E-state index in [0.717, 1.165) is 17.7 Å². The van der Waals surface area contributed by atoms with Crippen molar-refractivity contribution >= 4 is 6.03 Å². The molecule has 0 saturated carbocycles. The molecular weight excluding hydrogens is 252 g/mol. The van der Waals surface area contributed by atoms with Crippen LogP contribution in [0.2, 0.25) is 0 Å². The van der Waals surface area contributed by atoms with Crippen LogP contribution in [0.15, 0.2) is 24.3 Å². The molecule has 110 valence electrons. The van der Waals surface area contributed by atoms with Crippen LogP contribution in [-0.4, -0.2) is 30.1 Å². The number of amides is 2. The van der Waals surface area contributed by atoms with Crippen molar-refractivity contribution in [3.05, 3.63) is 29.8 Å². The molecule has 2 amide bonds. The van der Waals surface area contributed by atoms with Crippen LogP contribution in [-0.2, 0) is 6.54 Å². The van der Waals surface area contributed by atoms with E-state index in [0.29, 0.717) is 12.5 Å². The van der Waals surface area contributed by atoms with Crippen LogP contribution in [0, 0.1) is 5.92 Å². The number of hydrogen-bond acceptors (Lipinski definition) is 2. The largest absolute Gasteiger partial charge is 0.496 e. The van der Waals surface area contributed by atoms with Crippen molar-refractivity contribution in [2.75, 3.05) is 7.11 Å². The Balaban J connectivity index is 2.24. The van der Waals surface area contributed by atoms with Gasteiger partial charge >= 0.3 is 6.03 Å². The molecule has 1 aliphatic heterocycles. The highest BCUT2D eigenvalue weighted by Gasteiger charge is 2.40. The first-order valence-electron chi connectivity index (χ1n) is 7.27. The summed E-state index contributed by atoms with van der Waals surface area (Å²) in [5.41, 5.74) is 1.05. The van der Waals surface area contributed by atoms with Crippen molar-refractivity contribution in [3.63, 3.8) is 0 Å². The second-order valence-electron chi connectivity index (χ2n) is 5.64. The van der Waals surface area contributed by atoms with Crippen LogP contribution < -0.4 is 10.1 Å². The molecule has 0 bridgehead atoms. The molecule has 1 fully saturated rings. The molecule has 2 atom stereocenters. The van der Waals surface area contributed by atoms with Crippen LogP contribution in [0.5, 0.6) is 5.75 Å². The van der Waals surface area contributed by atoms with Gasteiger partial charge in [-0.1, -0.05) is 39.0 Å². The van der Waals surface area contributed by atoms with Gasteiger partial charge in [-0.2, -0.15) is 0 Å². The number of nitrogens with zero attached hydrogens (tertiary/aromatic N) is 1. The summed E-state index contributed by atoms with van der Waals surface area (Å²) in [7, 11) is 1.66. The minimum Gasteiger partial charge on any atom is -0.496 e. The molecule has 0 aromatic heterocycles. The van der Waals surface area contributed by atoms with Crippen molar-refractivity contribution in [1.29, 1.82) is 0 Å². The molecule has 0 aliphatic carbocycles. The standard InChI is InChI=1S/C16H24N2O2/c1-5-13-15(11(2)3)18(16(19)17-13)10-12-8-6-7-9-14(12)20-4/h6-9,11,13,15H,5,10H2,1-4H3,(H,17,19)/t13-,15-/m0/s1. The maximum Gasteiger partial charge on any atom is 0.318 e. The molecule has 1 aliphatic rings. The summed E-state index contributed by atoms with van der Waals surface area (Å²) in [6.07, 6.45) is 0.955. The molecule has 1 aromatic rings. The van der Waals surface area contributed by atoms with Crippen LogP contribution in [0.1, 0.15) is 32.8 Å². The van der Waals surface area contributed by atoms with Gasteiger partial charge in [0.05, 0.1) is 25.7 Å². The first-order chi connectivity index (χ1) is 9.58. The van der Waals surface area contributed by atoms with Gasteiger partial charge in [-0.15, -0.1) is 0 Å². The lowest BCUT2D eigenvalue weighted by Gasteiger charge is -2.29. The molecule has 4 heteroatoms. The first kappa shape index (κ1) is 14.7. The molecule has 2 rings (SSSR count). The van der Waals surface area contributed by atoms with Gasteiger partial charge in [-0.3, -0.25) is 0 Å². The van der Waals surface area contributed by atoms with Gasteiger partial charge in [0, 0.05) is 5.56 Å². The molecule has 1 N–H and O–H groups in total. The molecule has 0 radical (unpaired) electrons. The Hall–Kier alpha value is -1.71.